The van der Waals surface area contributed by atoms with Crippen LogP contribution in [0, 0.1) is 5.92 Å². The molecule has 0 aromatic heterocycles. The fraction of sp³-hybridized carbons (Fsp3) is 0.600. The number of fused-ring (bicyclic) bond motifs is 3. The van der Waals surface area contributed by atoms with E-state index in [0.29, 0.717) is 11.6 Å². The average Bonchev–Trinajstić information content (AvgIpc) is 2.62. The van der Waals surface area contributed by atoms with Crippen LogP contribution in [0.5, 0.6) is 5.75 Å². The van der Waals surface area contributed by atoms with Crippen LogP contribution in [-0.4, -0.2) is 55.4 Å². The molecule has 3 aliphatic heterocycles. The predicted molar refractivity (Wildman–Crippen MR) is 106 cm³/mol. The summed E-state index contributed by atoms with van der Waals surface area (Å²) in [6.45, 7) is 8.20. The van der Waals surface area contributed by atoms with Gasteiger partial charge in [-0.05, 0) is 58.7 Å². The molecule has 3 saturated heterocycles. The molecule has 3 heterocycles. The lowest BCUT2D eigenvalue weighted by molar-refractivity contribution is -0.0457. The van der Waals surface area contributed by atoms with Gasteiger partial charge in [-0.25, -0.2) is 9.59 Å². The number of hydrogen-bond donors (Lipinski definition) is 1. The second-order valence-corrected chi connectivity index (χ2v) is 8.65. The van der Waals surface area contributed by atoms with E-state index in [1.165, 1.54) is 19.2 Å². The van der Waals surface area contributed by atoms with Crippen LogP contribution in [0.3, 0.4) is 0 Å². The minimum Gasteiger partial charge on any atom is -0.496 e. The van der Waals surface area contributed by atoms with E-state index in [2.05, 4.69) is 10.2 Å². The van der Waals surface area contributed by atoms with Gasteiger partial charge in [0.1, 0.15) is 23.0 Å². The van der Waals surface area contributed by atoms with Gasteiger partial charge in [-0.15, -0.1) is 0 Å². The van der Waals surface area contributed by atoms with Crippen LogP contribution in [0.4, 0.5) is 10.5 Å². The fourth-order valence-corrected chi connectivity index (χ4v) is 3.85. The van der Waals surface area contributed by atoms with E-state index < -0.39 is 17.7 Å². The summed E-state index contributed by atoms with van der Waals surface area (Å²) >= 11 is 6.28. The summed E-state index contributed by atoms with van der Waals surface area (Å²) in [5, 5.41) is 2.78. The Morgan fingerprint density at radius 1 is 1.21 bits per heavy atom. The Bertz CT molecular complexity index is 754. The van der Waals surface area contributed by atoms with Crippen molar-refractivity contribution in [2.24, 2.45) is 5.92 Å². The van der Waals surface area contributed by atoms with E-state index in [1.807, 2.05) is 0 Å². The second kappa shape index (κ2) is 8.17. The molecule has 1 N–H and O–H groups in total. The molecule has 1 aromatic carbocycles. The highest BCUT2D eigenvalue weighted by Gasteiger charge is 2.37. The van der Waals surface area contributed by atoms with E-state index in [-0.39, 0.29) is 22.4 Å². The number of rotatable bonds is 4. The Morgan fingerprint density at radius 3 is 2.43 bits per heavy atom. The molecule has 3 fully saturated rings. The highest BCUT2D eigenvalue weighted by molar-refractivity contribution is 6.34. The maximum absolute atomic E-state index is 12.8. The Hall–Kier alpha value is -1.99. The van der Waals surface area contributed by atoms with E-state index in [4.69, 9.17) is 25.8 Å². The normalized spacial score (nSPS) is 23.8. The minimum absolute atomic E-state index is 0.113. The van der Waals surface area contributed by atoms with Gasteiger partial charge in [-0.1, -0.05) is 11.6 Å². The molecule has 28 heavy (non-hydrogen) atoms. The zero-order chi connectivity index (χ0) is 20.5. The molecule has 0 spiro atoms. The summed E-state index contributed by atoms with van der Waals surface area (Å²) in [6.07, 6.45) is 1.35. The van der Waals surface area contributed by atoms with Gasteiger partial charge in [0, 0.05) is 12.6 Å². The van der Waals surface area contributed by atoms with Crippen LogP contribution in [-0.2, 0) is 9.47 Å². The number of benzene rings is 1. The van der Waals surface area contributed by atoms with Crippen molar-refractivity contribution in [3.05, 3.63) is 22.7 Å². The SMILES string of the molecule is COc1cc(NC(=O)OC(C)(C)C)c(Cl)cc1C(=O)O[C@@H]1CN2CCC1CC2. The number of anilines is 1. The van der Waals surface area contributed by atoms with Crippen molar-refractivity contribution in [3.8, 4) is 5.75 Å². The van der Waals surface area contributed by atoms with E-state index in [0.717, 1.165) is 32.5 Å². The molecule has 4 rings (SSSR count). The molecule has 3 aliphatic rings. The monoisotopic (exact) mass is 410 g/mol. The second-order valence-electron chi connectivity index (χ2n) is 8.24. The summed E-state index contributed by atoms with van der Waals surface area (Å²) in [5.41, 5.74) is -0.106. The van der Waals surface area contributed by atoms with Gasteiger partial charge in [0.2, 0.25) is 0 Å². The van der Waals surface area contributed by atoms with Crippen molar-refractivity contribution in [1.82, 2.24) is 4.90 Å². The van der Waals surface area contributed by atoms with Crippen LogP contribution in [0.25, 0.3) is 0 Å². The quantitative estimate of drug-likeness (QED) is 0.757. The van der Waals surface area contributed by atoms with Gasteiger partial charge in [0.05, 0.1) is 17.8 Å². The number of hydrogen-bond acceptors (Lipinski definition) is 6. The molecule has 0 radical (unpaired) electrons. The number of ether oxygens (including phenoxy) is 3. The fourth-order valence-electron chi connectivity index (χ4n) is 3.64. The third kappa shape index (κ3) is 4.89. The summed E-state index contributed by atoms with van der Waals surface area (Å²) in [5.74, 6) is 0.214. The van der Waals surface area contributed by atoms with Gasteiger partial charge in [0.25, 0.3) is 0 Å². The van der Waals surface area contributed by atoms with Crippen molar-refractivity contribution >= 4 is 29.4 Å². The smallest absolute Gasteiger partial charge is 0.412 e. The number of esters is 1. The van der Waals surface area contributed by atoms with Gasteiger partial charge < -0.3 is 14.2 Å². The number of carbonyl (C=O) groups is 2. The Balaban J connectivity index is 1.73. The Kier molecular flexibility index (Phi) is 6.05. The first-order valence-electron chi connectivity index (χ1n) is 9.47. The Labute approximate surface area is 170 Å². The van der Waals surface area contributed by atoms with E-state index in [1.54, 1.807) is 20.8 Å². The molecule has 1 amide bonds. The van der Waals surface area contributed by atoms with Crippen molar-refractivity contribution < 1.29 is 23.8 Å². The molecular formula is C20H27ClN2O5. The zero-order valence-corrected chi connectivity index (χ0v) is 17.5. The molecular weight excluding hydrogens is 384 g/mol. The first-order valence-corrected chi connectivity index (χ1v) is 9.85. The number of halogens is 1. The van der Waals surface area contributed by atoms with Crippen LogP contribution in [0.2, 0.25) is 5.02 Å². The lowest BCUT2D eigenvalue weighted by Crippen LogP contribution is -2.51. The number of nitrogens with zero attached hydrogens (tertiary/aromatic N) is 1. The van der Waals surface area contributed by atoms with Gasteiger partial charge in [-0.3, -0.25) is 10.2 Å². The van der Waals surface area contributed by atoms with Crippen molar-refractivity contribution in [2.75, 3.05) is 32.1 Å². The van der Waals surface area contributed by atoms with E-state index >= 15 is 0 Å². The standard InChI is InChI=1S/C20H27ClN2O5/c1-20(2,3)28-19(25)22-15-10-16(26-4)13(9-14(15)21)18(24)27-17-11-23-7-5-12(17)6-8-23/h9-10,12,17H,5-8,11H2,1-4H3,(H,22,25)/t17-/m1/s1. The van der Waals surface area contributed by atoms with Crippen molar-refractivity contribution in [1.29, 1.82) is 0 Å². The molecule has 7 nitrogen and oxygen atoms in total. The van der Waals surface area contributed by atoms with Crippen LogP contribution >= 0.6 is 11.6 Å². The van der Waals surface area contributed by atoms with Gasteiger partial charge in [0.15, 0.2) is 0 Å². The van der Waals surface area contributed by atoms with Gasteiger partial charge >= 0.3 is 12.1 Å². The van der Waals surface area contributed by atoms with Crippen molar-refractivity contribution in [3.63, 3.8) is 0 Å². The van der Waals surface area contributed by atoms with Crippen LogP contribution < -0.4 is 10.1 Å². The summed E-state index contributed by atoms with van der Waals surface area (Å²) in [6, 6.07) is 2.95. The summed E-state index contributed by atoms with van der Waals surface area (Å²) in [4.78, 5) is 27.1. The molecule has 154 valence electrons. The first kappa shape index (κ1) is 20.7. The molecule has 1 atom stereocenters. The molecule has 8 heteroatoms. The highest BCUT2D eigenvalue weighted by atomic mass is 35.5. The third-order valence-electron chi connectivity index (χ3n) is 5.00. The summed E-state index contributed by atoms with van der Waals surface area (Å²) in [7, 11) is 1.45. The molecule has 0 saturated carbocycles. The molecule has 1 aromatic rings. The molecule has 2 bridgehead atoms. The van der Waals surface area contributed by atoms with Crippen molar-refractivity contribution in [2.45, 2.75) is 45.3 Å². The Morgan fingerprint density at radius 2 is 1.89 bits per heavy atom. The number of carbonyl (C=O) groups excluding carboxylic acids is 2. The van der Waals surface area contributed by atoms with Gasteiger partial charge in [-0.2, -0.15) is 0 Å². The number of nitrogens with one attached hydrogen (secondary N) is 1. The minimum atomic E-state index is -0.640. The number of methoxy groups -OCH3 is 1. The topological polar surface area (TPSA) is 77.1 Å². The first-order chi connectivity index (χ1) is 13.2. The molecule has 0 aliphatic carbocycles. The van der Waals surface area contributed by atoms with Crippen LogP contribution in [0.1, 0.15) is 44.0 Å². The summed E-state index contributed by atoms with van der Waals surface area (Å²) < 4.78 is 16.3. The number of piperidine rings is 3. The molecule has 0 unspecified atom stereocenters. The third-order valence-corrected chi connectivity index (χ3v) is 5.31. The lowest BCUT2D eigenvalue weighted by atomic mass is 9.86. The van der Waals surface area contributed by atoms with Crippen LogP contribution in [0.15, 0.2) is 12.1 Å². The number of amides is 1. The maximum atomic E-state index is 12.8. The largest absolute Gasteiger partial charge is 0.496 e. The van der Waals surface area contributed by atoms with E-state index in [9.17, 15) is 9.59 Å². The maximum Gasteiger partial charge on any atom is 0.412 e. The predicted octanol–water partition coefficient (Wildman–Crippen LogP) is 3.95. The lowest BCUT2D eigenvalue weighted by Gasteiger charge is -2.43. The highest BCUT2D eigenvalue weighted by Crippen LogP contribution is 2.34. The average molecular weight is 411 g/mol. The zero-order valence-electron chi connectivity index (χ0n) is 16.7.